The van der Waals surface area contributed by atoms with Crippen LogP contribution in [0.3, 0.4) is 0 Å². The van der Waals surface area contributed by atoms with E-state index in [1.54, 1.807) is 0 Å². The minimum Gasteiger partial charge on any atom is -0.316 e. The number of likely N-dealkylation sites (N-methyl/N-ethyl adjacent to an activating group) is 1. The van der Waals surface area contributed by atoms with E-state index >= 15 is 0 Å². The lowest BCUT2D eigenvalue weighted by molar-refractivity contribution is 0.117. The second-order valence-corrected chi connectivity index (χ2v) is 5.34. The molecule has 0 spiro atoms. The predicted molar refractivity (Wildman–Crippen MR) is 68.8 cm³/mol. The van der Waals surface area contributed by atoms with Crippen molar-refractivity contribution in [1.82, 2.24) is 15.1 Å². The predicted octanol–water partition coefficient (Wildman–Crippen LogP) is 1.15. The quantitative estimate of drug-likeness (QED) is 0.732. The molecule has 1 unspecified atom stereocenters. The summed E-state index contributed by atoms with van der Waals surface area (Å²) in [5.41, 5.74) is 0. The van der Waals surface area contributed by atoms with Crippen molar-refractivity contribution < 1.29 is 0 Å². The van der Waals surface area contributed by atoms with Gasteiger partial charge in [-0.25, -0.2) is 0 Å². The standard InChI is InChI=1S/C13H27N3/c1-3-4-12(14-2)11-15-7-9-16(10-8-15)13-5-6-13/h12-14H,3-11H2,1-2H3. The van der Waals surface area contributed by atoms with Crippen molar-refractivity contribution in [3.63, 3.8) is 0 Å². The van der Waals surface area contributed by atoms with E-state index in [9.17, 15) is 0 Å². The lowest BCUT2D eigenvalue weighted by Gasteiger charge is -2.36. The molecular weight excluding hydrogens is 198 g/mol. The van der Waals surface area contributed by atoms with Crippen molar-refractivity contribution in [3.8, 4) is 0 Å². The average Bonchev–Trinajstić information content (AvgIpc) is 3.13. The van der Waals surface area contributed by atoms with Crippen molar-refractivity contribution in [2.24, 2.45) is 0 Å². The summed E-state index contributed by atoms with van der Waals surface area (Å²) in [4.78, 5) is 5.32. The van der Waals surface area contributed by atoms with Gasteiger partial charge in [0.1, 0.15) is 0 Å². The van der Waals surface area contributed by atoms with Crippen LogP contribution >= 0.6 is 0 Å². The second kappa shape index (κ2) is 5.99. The van der Waals surface area contributed by atoms with Crippen molar-refractivity contribution in [3.05, 3.63) is 0 Å². The summed E-state index contributed by atoms with van der Waals surface area (Å²) in [7, 11) is 2.10. The highest BCUT2D eigenvalue weighted by molar-refractivity contribution is 4.88. The third-order valence-corrected chi connectivity index (χ3v) is 3.99. The van der Waals surface area contributed by atoms with Crippen molar-refractivity contribution in [2.75, 3.05) is 39.8 Å². The van der Waals surface area contributed by atoms with E-state index in [2.05, 4.69) is 29.1 Å². The molecule has 2 fully saturated rings. The van der Waals surface area contributed by atoms with Gasteiger partial charge in [-0.2, -0.15) is 0 Å². The molecule has 1 aliphatic heterocycles. The molecule has 2 rings (SSSR count). The van der Waals surface area contributed by atoms with Crippen LogP contribution < -0.4 is 5.32 Å². The Kier molecular flexibility index (Phi) is 4.62. The Morgan fingerprint density at radius 3 is 2.38 bits per heavy atom. The summed E-state index contributed by atoms with van der Waals surface area (Å²) in [5.74, 6) is 0. The van der Waals surface area contributed by atoms with Gasteiger partial charge in [-0.15, -0.1) is 0 Å². The second-order valence-electron chi connectivity index (χ2n) is 5.34. The molecule has 1 heterocycles. The molecule has 1 aliphatic carbocycles. The highest BCUT2D eigenvalue weighted by atomic mass is 15.3. The van der Waals surface area contributed by atoms with Crippen molar-refractivity contribution >= 4 is 0 Å². The third kappa shape index (κ3) is 3.44. The first kappa shape index (κ1) is 12.3. The van der Waals surface area contributed by atoms with Crippen LogP contribution in [0.5, 0.6) is 0 Å². The number of piperazine rings is 1. The summed E-state index contributed by atoms with van der Waals surface area (Å²) in [6.07, 6.45) is 5.50. The largest absolute Gasteiger partial charge is 0.316 e. The minimum atomic E-state index is 0.692. The Hall–Kier alpha value is -0.120. The molecule has 0 aromatic heterocycles. The Balaban J connectivity index is 1.67. The molecule has 1 saturated heterocycles. The van der Waals surface area contributed by atoms with Crippen LogP contribution in [0, 0.1) is 0 Å². The zero-order valence-electron chi connectivity index (χ0n) is 10.9. The van der Waals surface area contributed by atoms with E-state index in [4.69, 9.17) is 0 Å². The zero-order chi connectivity index (χ0) is 11.4. The van der Waals surface area contributed by atoms with Crippen LogP contribution in [0.2, 0.25) is 0 Å². The lowest BCUT2D eigenvalue weighted by Crippen LogP contribution is -2.50. The molecule has 0 amide bonds. The fraction of sp³-hybridized carbons (Fsp3) is 1.00. The van der Waals surface area contributed by atoms with Gasteiger partial charge in [0, 0.05) is 44.8 Å². The third-order valence-electron chi connectivity index (χ3n) is 3.99. The summed E-state index contributed by atoms with van der Waals surface area (Å²) in [5, 5.41) is 3.44. The van der Waals surface area contributed by atoms with E-state index in [1.807, 2.05) is 0 Å². The Morgan fingerprint density at radius 2 is 1.88 bits per heavy atom. The summed E-state index contributed by atoms with van der Waals surface area (Å²) in [6, 6.07) is 1.65. The maximum Gasteiger partial charge on any atom is 0.0191 e. The summed E-state index contributed by atoms with van der Waals surface area (Å²) >= 11 is 0. The van der Waals surface area contributed by atoms with E-state index in [1.165, 1.54) is 58.4 Å². The smallest absolute Gasteiger partial charge is 0.0191 e. The van der Waals surface area contributed by atoms with Crippen LogP contribution in [0.1, 0.15) is 32.6 Å². The van der Waals surface area contributed by atoms with Gasteiger partial charge in [-0.1, -0.05) is 13.3 Å². The van der Waals surface area contributed by atoms with E-state index in [-0.39, 0.29) is 0 Å². The Labute approximate surface area is 100 Å². The van der Waals surface area contributed by atoms with E-state index in [0.717, 1.165) is 6.04 Å². The highest BCUT2D eigenvalue weighted by Gasteiger charge is 2.31. The maximum atomic E-state index is 3.44. The van der Waals surface area contributed by atoms with Crippen LogP contribution in [0.25, 0.3) is 0 Å². The van der Waals surface area contributed by atoms with Gasteiger partial charge in [0.05, 0.1) is 0 Å². The normalized spacial score (nSPS) is 25.9. The summed E-state index contributed by atoms with van der Waals surface area (Å²) < 4.78 is 0. The topological polar surface area (TPSA) is 18.5 Å². The monoisotopic (exact) mass is 225 g/mol. The number of rotatable bonds is 6. The number of nitrogens with zero attached hydrogens (tertiary/aromatic N) is 2. The number of hydrogen-bond donors (Lipinski definition) is 1. The van der Waals surface area contributed by atoms with Gasteiger partial charge in [-0.3, -0.25) is 9.80 Å². The molecule has 0 bridgehead atoms. The molecule has 0 radical (unpaired) electrons. The van der Waals surface area contributed by atoms with Gasteiger partial charge >= 0.3 is 0 Å². The molecule has 1 atom stereocenters. The molecule has 1 N–H and O–H groups in total. The highest BCUT2D eigenvalue weighted by Crippen LogP contribution is 2.27. The molecule has 3 nitrogen and oxygen atoms in total. The maximum absolute atomic E-state index is 3.44. The molecule has 2 aliphatic rings. The van der Waals surface area contributed by atoms with Gasteiger partial charge in [0.2, 0.25) is 0 Å². The lowest BCUT2D eigenvalue weighted by atomic mass is 10.1. The number of nitrogens with one attached hydrogen (secondary N) is 1. The zero-order valence-corrected chi connectivity index (χ0v) is 10.9. The van der Waals surface area contributed by atoms with Crippen LogP contribution in [0.15, 0.2) is 0 Å². The Bertz CT molecular complexity index is 195. The average molecular weight is 225 g/mol. The van der Waals surface area contributed by atoms with E-state index in [0.29, 0.717) is 6.04 Å². The molecule has 0 aromatic rings. The minimum absolute atomic E-state index is 0.692. The van der Waals surface area contributed by atoms with Crippen LogP contribution in [0.4, 0.5) is 0 Å². The van der Waals surface area contributed by atoms with Crippen molar-refractivity contribution in [1.29, 1.82) is 0 Å². The van der Waals surface area contributed by atoms with Gasteiger partial charge < -0.3 is 5.32 Å². The number of hydrogen-bond acceptors (Lipinski definition) is 3. The van der Waals surface area contributed by atoms with E-state index < -0.39 is 0 Å². The van der Waals surface area contributed by atoms with Gasteiger partial charge in [0.15, 0.2) is 0 Å². The molecule has 0 aromatic carbocycles. The molecule has 3 heteroatoms. The summed E-state index contributed by atoms with van der Waals surface area (Å²) in [6.45, 7) is 8.66. The molecule has 16 heavy (non-hydrogen) atoms. The van der Waals surface area contributed by atoms with Crippen molar-refractivity contribution in [2.45, 2.75) is 44.7 Å². The first-order valence-electron chi connectivity index (χ1n) is 6.97. The molecular formula is C13H27N3. The molecule has 1 saturated carbocycles. The van der Waals surface area contributed by atoms with Gasteiger partial charge in [-0.05, 0) is 26.3 Å². The van der Waals surface area contributed by atoms with Gasteiger partial charge in [0.25, 0.3) is 0 Å². The first-order chi connectivity index (χ1) is 7.83. The fourth-order valence-electron chi connectivity index (χ4n) is 2.74. The first-order valence-corrected chi connectivity index (χ1v) is 6.97. The fourth-order valence-corrected chi connectivity index (χ4v) is 2.74. The SMILES string of the molecule is CCCC(CN1CCN(C2CC2)CC1)NC. The van der Waals surface area contributed by atoms with Crippen LogP contribution in [-0.4, -0.2) is 61.7 Å². The van der Waals surface area contributed by atoms with Crippen LogP contribution in [-0.2, 0) is 0 Å². The molecule has 94 valence electrons. The Morgan fingerprint density at radius 1 is 1.19 bits per heavy atom.